The van der Waals surface area contributed by atoms with E-state index in [2.05, 4.69) is 0 Å². The van der Waals surface area contributed by atoms with Crippen LogP contribution in [-0.4, -0.2) is 21.8 Å². The van der Waals surface area contributed by atoms with E-state index in [0.717, 1.165) is 48.9 Å². The molecule has 3 heteroatoms. The molecule has 23 heavy (non-hydrogen) atoms. The summed E-state index contributed by atoms with van der Waals surface area (Å²) >= 11 is 0. The van der Waals surface area contributed by atoms with E-state index in [1.165, 1.54) is 57.8 Å². The Kier molecular flexibility index (Phi) is 3.12. The van der Waals surface area contributed by atoms with Crippen molar-refractivity contribution in [1.82, 2.24) is 0 Å². The van der Waals surface area contributed by atoms with Crippen LogP contribution in [0.5, 0.6) is 0 Å². The minimum atomic E-state index is -0.362. The van der Waals surface area contributed by atoms with Gasteiger partial charge in [0.2, 0.25) is 0 Å². The van der Waals surface area contributed by atoms with Crippen LogP contribution in [0.2, 0.25) is 0 Å². The van der Waals surface area contributed by atoms with E-state index < -0.39 is 0 Å². The molecule has 8 saturated carbocycles. The van der Waals surface area contributed by atoms with Gasteiger partial charge in [0, 0.05) is 11.1 Å². The third-order valence-corrected chi connectivity index (χ3v) is 8.16. The van der Waals surface area contributed by atoms with Crippen LogP contribution in [0.4, 0.5) is 0 Å². The van der Waals surface area contributed by atoms with E-state index in [1.807, 2.05) is 0 Å². The number of nitrogens with two attached hydrogens (primary N) is 2. The van der Waals surface area contributed by atoms with Crippen molar-refractivity contribution in [2.24, 2.45) is 41.1 Å². The van der Waals surface area contributed by atoms with Crippen molar-refractivity contribution in [2.45, 2.75) is 93.7 Å². The van der Waals surface area contributed by atoms with E-state index in [9.17, 15) is 5.11 Å². The lowest BCUT2D eigenvalue weighted by Crippen LogP contribution is -2.62. The third-order valence-electron chi connectivity index (χ3n) is 8.16. The van der Waals surface area contributed by atoms with Crippen molar-refractivity contribution in [3.8, 4) is 0 Å². The van der Waals surface area contributed by atoms with Crippen molar-refractivity contribution in [1.29, 1.82) is 0 Å². The van der Waals surface area contributed by atoms with E-state index in [4.69, 9.17) is 11.5 Å². The molecule has 8 aliphatic carbocycles. The second kappa shape index (κ2) is 4.74. The average molecular weight is 319 g/mol. The number of hydrogen-bond acceptors (Lipinski definition) is 3. The lowest BCUT2D eigenvalue weighted by atomic mass is 9.51. The fourth-order valence-corrected chi connectivity index (χ4v) is 8.46. The first kappa shape index (κ1) is 15.2. The molecule has 0 heterocycles. The Morgan fingerprint density at radius 1 is 0.565 bits per heavy atom. The Morgan fingerprint density at radius 2 is 0.957 bits per heavy atom. The van der Waals surface area contributed by atoms with Gasteiger partial charge in [-0.25, -0.2) is 0 Å². The predicted octanol–water partition coefficient (Wildman–Crippen LogP) is 2.94. The summed E-state index contributed by atoms with van der Waals surface area (Å²) < 4.78 is 0. The zero-order valence-electron chi connectivity index (χ0n) is 14.5. The van der Waals surface area contributed by atoms with E-state index in [0.29, 0.717) is 5.54 Å². The summed E-state index contributed by atoms with van der Waals surface area (Å²) in [5, 5.41) is 10.2. The maximum Gasteiger partial charge on any atom is 0.0670 e. The van der Waals surface area contributed by atoms with Crippen molar-refractivity contribution in [3.05, 3.63) is 0 Å². The zero-order chi connectivity index (χ0) is 15.9. The lowest BCUT2D eigenvalue weighted by molar-refractivity contribution is -0.133. The maximum atomic E-state index is 10.2. The second-order valence-electron chi connectivity index (χ2n) is 10.8. The van der Waals surface area contributed by atoms with Crippen molar-refractivity contribution < 1.29 is 5.11 Å². The summed E-state index contributed by atoms with van der Waals surface area (Å²) in [6.07, 6.45) is 15.2. The molecule has 3 nitrogen and oxygen atoms in total. The highest BCUT2D eigenvalue weighted by molar-refractivity contribution is 5.11. The van der Waals surface area contributed by atoms with Gasteiger partial charge >= 0.3 is 0 Å². The molecule has 8 bridgehead atoms. The topological polar surface area (TPSA) is 72.3 Å². The lowest BCUT2D eigenvalue weighted by Gasteiger charge is -2.58. The molecule has 0 radical (unpaired) electrons. The minimum Gasteiger partial charge on any atom is -0.390 e. The molecule has 2 unspecified atom stereocenters. The molecule has 8 fully saturated rings. The first-order valence-corrected chi connectivity index (χ1v) is 10.1. The van der Waals surface area contributed by atoms with Crippen molar-refractivity contribution >= 4 is 0 Å². The van der Waals surface area contributed by atoms with Gasteiger partial charge < -0.3 is 16.6 Å². The monoisotopic (exact) mass is 318 g/mol. The Bertz CT molecular complexity index is 433. The minimum absolute atomic E-state index is 0.0127. The summed E-state index contributed by atoms with van der Waals surface area (Å²) in [5.74, 6) is 4.53. The van der Waals surface area contributed by atoms with Crippen molar-refractivity contribution in [3.63, 3.8) is 0 Å². The highest BCUT2D eigenvalue weighted by Crippen LogP contribution is 2.56. The molecule has 0 aromatic heterocycles. The van der Waals surface area contributed by atoms with Crippen LogP contribution in [0.15, 0.2) is 0 Å². The SMILES string of the molecule is NC12CC3CC(C1)CC(O)(C3)C2.NC12CC3CC(CC(C3)C1)C2. The molecule has 0 spiro atoms. The third kappa shape index (κ3) is 2.67. The maximum absolute atomic E-state index is 10.2. The van der Waals surface area contributed by atoms with Crippen LogP contribution < -0.4 is 11.5 Å². The summed E-state index contributed by atoms with van der Waals surface area (Å²) in [7, 11) is 0. The molecule has 0 aliphatic heterocycles. The molecule has 8 aliphatic rings. The zero-order valence-corrected chi connectivity index (χ0v) is 14.5. The van der Waals surface area contributed by atoms with Gasteiger partial charge in [-0.1, -0.05) is 0 Å². The number of aliphatic hydroxyl groups is 1. The van der Waals surface area contributed by atoms with Crippen LogP contribution >= 0.6 is 0 Å². The molecule has 130 valence electrons. The molecule has 8 rings (SSSR count). The first-order chi connectivity index (χ1) is 10.8. The van der Waals surface area contributed by atoms with E-state index in [1.54, 1.807) is 0 Å². The van der Waals surface area contributed by atoms with E-state index >= 15 is 0 Å². The Labute approximate surface area is 140 Å². The van der Waals surface area contributed by atoms with Crippen LogP contribution in [0.25, 0.3) is 0 Å². The van der Waals surface area contributed by atoms with Crippen molar-refractivity contribution in [2.75, 3.05) is 0 Å². The van der Waals surface area contributed by atoms with Gasteiger partial charge in [-0.3, -0.25) is 0 Å². The quantitative estimate of drug-likeness (QED) is 0.643. The van der Waals surface area contributed by atoms with Crippen LogP contribution in [0.3, 0.4) is 0 Å². The number of hydrogen-bond donors (Lipinski definition) is 3. The largest absolute Gasteiger partial charge is 0.390 e. The molecule has 2 atom stereocenters. The molecular formula is C20H34N2O. The van der Waals surface area contributed by atoms with Gasteiger partial charge in [-0.15, -0.1) is 0 Å². The smallest absolute Gasteiger partial charge is 0.0670 e. The van der Waals surface area contributed by atoms with Gasteiger partial charge in [0.25, 0.3) is 0 Å². The number of rotatable bonds is 0. The predicted molar refractivity (Wildman–Crippen MR) is 91.6 cm³/mol. The molecule has 0 aromatic carbocycles. The first-order valence-electron chi connectivity index (χ1n) is 10.1. The second-order valence-corrected chi connectivity index (χ2v) is 10.8. The molecule has 0 saturated heterocycles. The fraction of sp³-hybridized carbons (Fsp3) is 1.00. The molecule has 0 amide bonds. The highest BCUT2D eigenvalue weighted by Gasteiger charge is 2.55. The Hall–Kier alpha value is -0.120. The highest BCUT2D eigenvalue weighted by atomic mass is 16.3. The molecule has 0 aromatic rings. The van der Waals surface area contributed by atoms with E-state index in [-0.39, 0.29) is 11.1 Å². The summed E-state index contributed by atoms with van der Waals surface area (Å²) in [6, 6.07) is 0. The van der Waals surface area contributed by atoms with Gasteiger partial charge in [0.15, 0.2) is 0 Å². The molecular weight excluding hydrogens is 284 g/mol. The van der Waals surface area contributed by atoms with Crippen LogP contribution in [0, 0.1) is 29.6 Å². The van der Waals surface area contributed by atoms with Crippen LogP contribution in [0.1, 0.15) is 77.0 Å². The average Bonchev–Trinajstić information content (AvgIpc) is 2.30. The summed E-state index contributed by atoms with van der Waals surface area (Å²) in [6.45, 7) is 0. The van der Waals surface area contributed by atoms with Crippen LogP contribution in [-0.2, 0) is 0 Å². The van der Waals surface area contributed by atoms with Gasteiger partial charge in [0.1, 0.15) is 0 Å². The van der Waals surface area contributed by atoms with Gasteiger partial charge in [-0.05, 0) is 107 Å². The fourth-order valence-electron chi connectivity index (χ4n) is 8.46. The standard InChI is InChI=1S/C10H17NO.C10H17N/c11-9-2-7-1-8(3-9)5-10(12,4-7)6-9;11-10-4-7-1-8(5-10)3-9(2-7)6-10/h7-8,12H,1-6,11H2;7-9H,1-6,11H2. The van der Waals surface area contributed by atoms with Gasteiger partial charge in [0.05, 0.1) is 5.60 Å². The Morgan fingerprint density at radius 3 is 1.30 bits per heavy atom. The summed E-state index contributed by atoms with van der Waals surface area (Å²) in [4.78, 5) is 0. The molecule has 5 N–H and O–H groups in total. The Balaban J connectivity index is 0.000000106. The normalized spacial score (nSPS) is 61.4. The van der Waals surface area contributed by atoms with Gasteiger partial charge in [-0.2, -0.15) is 0 Å². The summed E-state index contributed by atoms with van der Waals surface area (Å²) in [5.41, 5.74) is 12.5.